The zero-order valence-electron chi connectivity index (χ0n) is 11.8. The highest BCUT2D eigenvalue weighted by molar-refractivity contribution is 7.62. The van der Waals surface area contributed by atoms with E-state index in [2.05, 4.69) is 5.32 Å². The summed E-state index contributed by atoms with van der Waals surface area (Å²) in [6.07, 6.45) is 0. The predicted octanol–water partition coefficient (Wildman–Crippen LogP) is 1.27. The minimum Gasteiger partial charge on any atom is -0.351 e. The number of nitrogens with two attached hydrogens (primary N) is 1. The number of hydrogen-bond acceptors (Lipinski definition) is 5. The van der Waals surface area contributed by atoms with Crippen molar-refractivity contribution < 1.29 is 18.4 Å². The Balaban J connectivity index is 2.88. The molecule has 20 heavy (non-hydrogen) atoms. The summed E-state index contributed by atoms with van der Waals surface area (Å²) in [7, 11) is -3.29. The monoisotopic (exact) mass is 300 g/mol. The average molecular weight is 300 g/mol. The Labute approximate surface area is 119 Å². The maximum Gasteiger partial charge on any atom is 0.361 e. The summed E-state index contributed by atoms with van der Waals surface area (Å²) in [4.78, 5) is 11.7. The van der Waals surface area contributed by atoms with Gasteiger partial charge in [0, 0.05) is 18.7 Å². The van der Waals surface area contributed by atoms with Crippen LogP contribution in [0.2, 0.25) is 0 Å². The van der Waals surface area contributed by atoms with E-state index in [1.54, 1.807) is 38.1 Å². The van der Waals surface area contributed by atoms with E-state index >= 15 is 0 Å². The van der Waals surface area contributed by atoms with Crippen molar-refractivity contribution in [2.45, 2.75) is 13.8 Å². The summed E-state index contributed by atoms with van der Waals surface area (Å²) in [5.74, 6) is -0.218. The van der Waals surface area contributed by atoms with Gasteiger partial charge in [-0.05, 0) is 38.1 Å². The van der Waals surface area contributed by atoms with Gasteiger partial charge in [-0.3, -0.25) is 9.36 Å². The highest BCUT2D eigenvalue weighted by Crippen LogP contribution is 2.46. The van der Waals surface area contributed by atoms with Gasteiger partial charge in [-0.1, -0.05) is 0 Å². The molecule has 1 amide bonds. The van der Waals surface area contributed by atoms with E-state index in [9.17, 15) is 9.36 Å². The van der Waals surface area contributed by atoms with Crippen molar-refractivity contribution >= 4 is 18.8 Å². The van der Waals surface area contributed by atoms with Gasteiger partial charge in [0.1, 0.15) is 0 Å². The molecule has 0 radical (unpaired) electrons. The second kappa shape index (κ2) is 8.17. The molecule has 0 fully saturated rings. The standard InChI is InChI=1S/C13H21N2O4P/c1-3-18-20(17,19-4-2)12-7-5-11(6-8-12)13(16)15-10-9-14/h5-8H,3-4,9-10,14H2,1-2H3,(H,15,16). The van der Waals surface area contributed by atoms with Gasteiger partial charge in [0.15, 0.2) is 0 Å². The van der Waals surface area contributed by atoms with Crippen molar-refractivity contribution in [1.82, 2.24) is 5.32 Å². The predicted molar refractivity (Wildman–Crippen MR) is 78.3 cm³/mol. The van der Waals surface area contributed by atoms with Crippen LogP contribution in [0.3, 0.4) is 0 Å². The molecule has 0 spiro atoms. The highest BCUT2D eigenvalue weighted by Gasteiger charge is 2.26. The first kappa shape index (κ1) is 16.9. The smallest absolute Gasteiger partial charge is 0.351 e. The Morgan fingerprint density at radius 1 is 1.20 bits per heavy atom. The molecule has 1 aromatic carbocycles. The highest BCUT2D eigenvalue weighted by atomic mass is 31.2. The van der Waals surface area contributed by atoms with Crippen LogP contribution in [0.25, 0.3) is 0 Å². The van der Waals surface area contributed by atoms with E-state index in [0.717, 1.165) is 0 Å². The minimum absolute atomic E-state index is 0.218. The molecule has 0 heterocycles. The molecule has 0 aromatic heterocycles. The number of amides is 1. The number of hydrogen-bond donors (Lipinski definition) is 2. The van der Waals surface area contributed by atoms with Crippen molar-refractivity contribution in [1.29, 1.82) is 0 Å². The Kier molecular flexibility index (Phi) is 6.88. The fourth-order valence-electron chi connectivity index (χ4n) is 1.61. The molecule has 0 aliphatic heterocycles. The van der Waals surface area contributed by atoms with Gasteiger partial charge in [-0.2, -0.15) is 0 Å². The summed E-state index contributed by atoms with van der Waals surface area (Å²) >= 11 is 0. The molecule has 0 bridgehead atoms. The van der Waals surface area contributed by atoms with Crippen LogP contribution >= 0.6 is 7.60 Å². The molecule has 0 unspecified atom stereocenters. The maximum absolute atomic E-state index is 12.5. The Morgan fingerprint density at radius 3 is 2.20 bits per heavy atom. The largest absolute Gasteiger partial charge is 0.361 e. The number of carbonyl (C=O) groups excluding carboxylic acids is 1. The molecule has 3 N–H and O–H groups in total. The lowest BCUT2D eigenvalue weighted by Gasteiger charge is -2.17. The third-order valence-corrected chi connectivity index (χ3v) is 4.60. The first-order valence-electron chi connectivity index (χ1n) is 6.55. The lowest BCUT2D eigenvalue weighted by Crippen LogP contribution is -2.29. The molecule has 1 aromatic rings. The Hall–Kier alpha value is -1.20. The minimum atomic E-state index is -3.29. The number of rotatable bonds is 8. The first-order chi connectivity index (χ1) is 9.57. The summed E-state index contributed by atoms with van der Waals surface area (Å²) in [5.41, 5.74) is 5.79. The van der Waals surface area contributed by atoms with E-state index in [1.165, 1.54) is 0 Å². The number of nitrogens with one attached hydrogen (secondary N) is 1. The second-order valence-corrected chi connectivity index (χ2v) is 5.95. The fourth-order valence-corrected chi connectivity index (χ4v) is 3.18. The van der Waals surface area contributed by atoms with Gasteiger partial charge >= 0.3 is 7.60 Å². The molecule has 0 atom stereocenters. The zero-order valence-corrected chi connectivity index (χ0v) is 12.7. The van der Waals surface area contributed by atoms with Crippen LogP contribution in [0, 0.1) is 0 Å². The van der Waals surface area contributed by atoms with Gasteiger partial charge in [0.2, 0.25) is 0 Å². The van der Waals surface area contributed by atoms with Crippen LogP contribution in [-0.2, 0) is 13.6 Å². The van der Waals surface area contributed by atoms with Crippen molar-refractivity contribution in [3.63, 3.8) is 0 Å². The van der Waals surface area contributed by atoms with E-state index in [4.69, 9.17) is 14.8 Å². The molecular formula is C13H21N2O4P. The van der Waals surface area contributed by atoms with Gasteiger partial charge in [-0.25, -0.2) is 0 Å². The van der Waals surface area contributed by atoms with Crippen molar-refractivity contribution in [2.24, 2.45) is 5.73 Å². The van der Waals surface area contributed by atoms with Crippen LogP contribution in [0.1, 0.15) is 24.2 Å². The van der Waals surface area contributed by atoms with Crippen LogP contribution < -0.4 is 16.4 Å². The topological polar surface area (TPSA) is 90.6 Å². The van der Waals surface area contributed by atoms with Crippen molar-refractivity contribution in [3.05, 3.63) is 29.8 Å². The van der Waals surface area contributed by atoms with Crippen molar-refractivity contribution in [2.75, 3.05) is 26.3 Å². The third-order valence-electron chi connectivity index (χ3n) is 2.47. The van der Waals surface area contributed by atoms with Gasteiger partial charge < -0.3 is 20.1 Å². The summed E-state index contributed by atoms with van der Waals surface area (Å²) < 4.78 is 23.0. The summed E-state index contributed by atoms with van der Waals surface area (Å²) in [6.45, 7) is 4.87. The molecule has 7 heteroatoms. The Morgan fingerprint density at radius 2 is 1.75 bits per heavy atom. The maximum atomic E-state index is 12.5. The molecule has 6 nitrogen and oxygen atoms in total. The zero-order chi connectivity index (χ0) is 15.0. The normalized spacial score (nSPS) is 11.3. The SMILES string of the molecule is CCOP(=O)(OCC)c1ccc(C(=O)NCCN)cc1. The quantitative estimate of drug-likeness (QED) is 0.705. The average Bonchev–Trinajstić information content (AvgIpc) is 2.45. The molecule has 1 rings (SSSR count). The summed E-state index contributed by atoms with van der Waals surface area (Å²) in [5, 5.41) is 3.10. The molecular weight excluding hydrogens is 279 g/mol. The molecule has 112 valence electrons. The molecule has 0 aliphatic rings. The molecule has 0 saturated carbocycles. The number of carbonyl (C=O) groups is 1. The van der Waals surface area contributed by atoms with Crippen LogP contribution in [0.5, 0.6) is 0 Å². The summed E-state index contributed by atoms with van der Waals surface area (Å²) in [6, 6.07) is 6.35. The third kappa shape index (κ3) is 4.42. The van der Waals surface area contributed by atoms with E-state index in [-0.39, 0.29) is 19.1 Å². The first-order valence-corrected chi connectivity index (χ1v) is 8.09. The molecule has 0 saturated heterocycles. The van der Waals surface area contributed by atoms with E-state index in [0.29, 0.717) is 24.0 Å². The van der Waals surface area contributed by atoms with E-state index < -0.39 is 7.60 Å². The van der Waals surface area contributed by atoms with Crippen LogP contribution in [0.15, 0.2) is 24.3 Å². The van der Waals surface area contributed by atoms with Crippen LogP contribution in [-0.4, -0.2) is 32.2 Å². The second-order valence-electron chi connectivity index (χ2n) is 3.92. The van der Waals surface area contributed by atoms with E-state index in [1.807, 2.05) is 0 Å². The lowest BCUT2D eigenvalue weighted by atomic mass is 10.2. The van der Waals surface area contributed by atoms with Gasteiger partial charge in [-0.15, -0.1) is 0 Å². The van der Waals surface area contributed by atoms with Crippen LogP contribution in [0.4, 0.5) is 0 Å². The lowest BCUT2D eigenvalue weighted by molar-refractivity contribution is 0.0954. The van der Waals surface area contributed by atoms with Crippen molar-refractivity contribution in [3.8, 4) is 0 Å². The fraction of sp³-hybridized carbons (Fsp3) is 0.462. The number of benzene rings is 1. The molecule has 0 aliphatic carbocycles. The Bertz CT molecular complexity index is 466. The van der Waals surface area contributed by atoms with Gasteiger partial charge in [0.05, 0.1) is 18.5 Å². The van der Waals surface area contributed by atoms with Gasteiger partial charge in [0.25, 0.3) is 5.91 Å².